The smallest absolute Gasteiger partial charge is 0.146 e. The number of hydrogen-bond acceptors (Lipinski definition) is 4. The molecule has 0 saturated carbocycles. The first-order valence-electron chi connectivity index (χ1n) is 5.97. The van der Waals surface area contributed by atoms with Crippen LogP contribution in [0.4, 0.5) is 0 Å². The third-order valence-electron chi connectivity index (χ3n) is 2.67. The third kappa shape index (κ3) is 3.11. The molecule has 4 nitrogen and oxygen atoms in total. The number of aryl methyl sites for hydroxylation is 2. The molecular formula is C14H18N2O2. The van der Waals surface area contributed by atoms with Crippen molar-refractivity contribution in [2.45, 2.75) is 27.0 Å². The fourth-order valence-electron chi connectivity index (χ4n) is 1.69. The predicted octanol–water partition coefficient (Wildman–Crippen LogP) is 2.59. The number of nitrogens with one attached hydrogen (secondary N) is 1. The number of furan rings is 1. The van der Waals surface area contributed by atoms with Gasteiger partial charge in [0.15, 0.2) is 0 Å². The number of hydrogen-bond donors (Lipinski definition) is 1. The fourth-order valence-corrected chi connectivity index (χ4v) is 1.69. The summed E-state index contributed by atoms with van der Waals surface area (Å²) in [4.78, 5) is 4.18. The van der Waals surface area contributed by atoms with Crippen molar-refractivity contribution in [1.82, 2.24) is 10.3 Å². The van der Waals surface area contributed by atoms with Gasteiger partial charge in [-0.3, -0.25) is 4.98 Å². The first-order chi connectivity index (χ1) is 8.69. The zero-order valence-corrected chi connectivity index (χ0v) is 11.0. The summed E-state index contributed by atoms with van der Waals surface area (Å²) in [6, 6.07) is 5.84. The highest BCUT2D eigenvalue weighted by Crippen LogP contribution is 2.17. The zero-order chi connectivity index (χ0) is 13.0. The minimum atomic E-state index is 0.426. The Kier molecular flexibility index (Phi) is 3.99. The molecule has 2 heterocycles. The monoisotopic (exact) mass is 246 g/mol. The number of ether oxygens (including phenoxy) is 1. The van der Waals surface area contributed by atoms with Crippen molar-refractivity contribution in [2.24, 2.45) is 0 Å². The maximum absolute atomic E-state index is 5.69. The molecule has 0 unspecified atom stereocenters. The van der Waals surface area contributed by atoms with Crippen molar-refractivity contribution >= 4 is 0 Å². The number of nitrogens with zero attached hydrogens (tertiary/aromatic N) is 1. The lowest BCUT2D eigenvalue weighted by Gasteiger charge is -2.03. The van der Waals surface area contributed by atoms with E-state index in [-0.39, 0.29) is 0 Å². The molecule has 18 heavy (non-hydrogen) atoms. The molecule has 0 aliphatic heterocycles. The van der Waals surface area contributed by atoms with Gasteiger partial charge in [-0.15, -0.1) is 0 Å². The second-order valence-electron chi connectivity index (χ2n) is 4.27. The summed E-state index contributed by atoms with van der Waals surface area (Å²) in [5.41, 5.74) is 2.12. The largest absolute Gasteiger partial charge is 0.484 e. The van der Waals surface area contributed by atoms with Crippen molar-refractivity contribution in [2.75, 3.05) is 7.05 Å². The molecule has 0 spiro atoms. The molecule has 0 amide bonds. The molecule has 0 aliphatic carbocycles. The van der Waals surface area contributed by atoms with Crippen LogP contribution in [0.25, 0.3) is 0 Å². The molecule has 2 aromatic heterocycles. The van der Waals surface area contributed by atoms with Gasteiger partial charge in [0.2, 0.25) is 0 Å². The van der Waals surface area contributed by atoms with E-state index in [0.29, 0.717) is 6.61 Å². The van der Waals surface area contributed by atoms with Gasteiger partial charge in [-0.05, 0) is 44.7 Å². The third-order valence-corrected chi connectivity index (χ3v) is 2.67. The van der Waals surface area contributed by atoms with Crippen LogP contribution in [0.5, 0.6) is 5.75 Å². The Balaban J connectivity index is 1.97. The molecule has 1 N–H and O–H groups in total. The minimum Gasteiger partial charge on any atom is -0.484 e. The highest BCUT2D eigenvalue weighted by atomic mass is 16.5. The highest BCUT2D eigenvalue weighted by molar-refractivity contribution is 5.22. The Hall–Kier alpha value is -1.81. The van der Waals surface area contributed by atoms with E-state index in [2.05, 4.69) is 10.3 Å². The van der Waals surface area contributed by atoms with Gasteiger partial charge in [0.05, 0.1) is 12.7 Å². The van der Waals surface area contributed by atoms with Crippen molar-refractivity contribution < 1.29 is 9.15 Å². The molecule has 2 aromatic rings. The number of rotatable bonds is 5. The summed E-state index contributed by atoms with van der Waals surface area (Å²) in [5, 5.41) is 3.07. The van der Waals surface area contributed by atoms with Crippen LogP contribution in [0.2, 0.25) is 0 Å². The normalized spacial score (nSPS) is 10.6. The molecule has 0 saturated heterocycles. The average Bonchev–Trinajstić information content (AvgIpc) is 2.70. The van der Waals surface area contributed by atoms with E-state index in [1.54, 1.807) is 6.20 Å². The molecular weight excluding hydrogens is 228 g/mol. The van der Waals surface area contributed by atoms with Gasteiger partial charge in [-0.2, -0.15) is 0 Å². The van der Waals surface area contributed by atoms with Crippen molar-refractivity contribution in [1.29, 1.82) is 0 Å². The maximum atomic E-state index is 5.69. The molecule has 0 atom stereocenters. The van der Waals surface area contributed by atoms with E-state index in [4.69, 9.17) is 9.15 Å². The molecule has 0 radical (unpaired) electrons. The van der Waals surface area contributed by atoms with Crippen LogP contribution in [0.3, 0.4) is 0 Å². The summed E-state index contributed by atoms with van der Waals surface area (Å²) in [6.45, 7) is 5.14. The Morgan fingerprint density at radius 2 is 2.17 bits per heavy atom. The Bertz CT molecular complexity index is 503. The number of aromatic nitrogens is 1. The molecule has 0 bridgehead atoms. The average molecular weight is 246 g/mol. The summed E-state index contributed by atoms with van der Waals surface area (Å²) >= 11 is 0. The van der Waals surface area contributed by atoms with Crippen LogP contribution >= 0.6 is 0 Å². The topological polar surface area (TPSA) is 47.3 Å². The fraction of sp³-hybridized carbons (Fsp3) is 0.357. The van der Waals surface area contributed by atoms with Crippen LogP contribution in [-0.4, -0.2) is 12.0 Å². The van der Waals surface area contributed by atoms with E-state index in [1.807, 2.05) is 39.1 Å². The van der Waals surface area contributed by atoms with Gasteiger partial charge >= 0.3 is 0 Å². The molecule has 0 aliphatic rings. The molecule has 0 fully saturated rings. The zero-order valence-electron chi connectivity index (χ0n) is 11.0. The first kappa shape index (κ1) is 12.6. The van der Waals surface area contributed by atoms with Crippen molar-refractivity contribution in [3.63, 3.8) is 0 Å². The number of pyridine rings is 1. The van der Waals surface area contributed by atoms with Crippen LogP contribution < -0.4 is 10.1 Å². The summed E-state index contributed by atoms with van der Waals surface area (Å²) in [5.74, 6) is 2.54. The van der Waals surface area contributed by atoms with Crippen molar-refractivity contribution in [3.8, 4) is 5.75 Å². The second-order valence-corrected chi connectivity index (χ2v) is 4.27. The van der Waals surface area contributed by atoms with E-state index < -0.39 is 0 Å². The van der Waals surface area contributed by atoms with E-state index in [1.165, 1.54) is 0 Å². The van der Waals surface area contributed by atoms with Gasteiger partial charge in [-0.25, -0.2) is 0 Å². The molecule has 4 heteroatoms. The van der Waals surface area contributed by atoms with Crippen LogP contribution in [0.15, 0.2) is 28.8 Å². The van der Waals surface area contributed by atoms with Gasteiger partial charge in [0.25, 0.3) is 0 Å². The predicted molar refractivity (Wildman–Crippen MR) is 69.5 cm³/mol. The van der Waals surface area contributed by atoms with Crippen molar-refractivity contribution in [3.05, 3.63) is 47.2 Å². The van der Waals surface area contributed by atoms with Crippen LogP contribution in [0.1, 0.15) is 22.8 Å². The Morgan fingerprint density at radius 3 is 2.83 bits per heavy atom. The van der Waals surface area contributed by atoms with E-state index in [0.717, 1.165) is 35.1 Å². The van der Waals surface area contributed by atoms with Crippen LogP contribution in [-0.2, 0) is 13.2 Å². The standard InChI is InChI=1S/C14H18N2O2/c1-10-6-13(18-14(10)8-15-3)9-17-12-5-4-11(2)16-7-12/h4-7,15H,8-9H2,1-3H3. The van der Waals surface area contributed by atoms with Gasteiger partial charge < -0.3 is 14.5 Å². The lowest BCUT2D eigenvalue weighted by Crippen LogP contribution is -2.04. The lowest BCUT2D eigenvalue weighted by molar-refractivity contribution is 0.264. The highest BCUT2D eigenvalue weighted by Gasteiger charge is 2.07. The molecule has 96 valence electrons. The first-order valence-corrected chi connectivity index (χ1v) is 5.97. The summed E-state index contributed by atoms with van der Waals surface area (Å²) in [6.07, 6.45) is 1.72. The quantitative estimate of drug-likeness (QED) is 0.881. The Labute approximate surface area is 107 Å². The van der Waals surface area contributed by atoms with E-state index in [9.17, 15) is 0 Å². The maximum Gasteiger partial charge on any atom is 0.146 e. The van der Waals surface area contributed by atoms with Gasteiger partial charge in [-0.1, -0.05) is 0 Å². The lowest BCUT2D eigenvalue weighted by atomic mass is 10.2. The minimum absolute atomic E-state index is 0.426. The Morgan fingerprint density at radius 1 is 1.33 bits per heavy atom. The van der Waals surface area contributed by atoms with Crippen LogP contribution in [0, 0.1) is 13.8 Å². The summed E-state index contributed by atoms with van der Waals surface area (Å²) in [7, 11) is 1.90. The molecule has 2 rings (SSSR count). The molecule has 0 aromatic carbocycles. The van der Waals surface area contributed by atoms with Gasteiger partial charge in [0.1, 0.15) is 23.9 Å². The van der Waals surface area contributed by atoms with Gasteiger partial charge in [0, 0.05) is 5.69 Å². The second kappa shape index (κ2) is 5.69. The summed E-state index contributed by atoms with van der Waals surface area (Å²) < 4.78 is 11.3. The SMILES string of the molecule is CNCc1oc(COc2ccc(C)nc2)cc1C. The van der Waals surface area contributed by atoms with E-state index >= 15 is 0 Å².